The Bertz CT molecular complexity index is 893. The Morgan fingerprint density at radius 3 is 2.27 bits per heavy atom. The van der Waals surface area contributed by atoms with Crippen LogP contribution in [-0.4, -0.2) is 11.9 Å². The van der Waals surface area contributed by atoms with Crippen LogP contribution >= 0.6 is 0 Å². The van der Waals surface area contributed by atoms with E-state index in [1.54, 1.807) is 48.5 Å². The first-order valence-corrected chi connectivity index (χ1v) is 10.2. The maximum Gasteiger partial charge on any atom is 0.331 e. The number of nitrogen functional groups attached to an aromatic ring is 2. The van der Waals surface area contributed by atoms with Crippen LogP contribution in [0.5, 0.6) is 5.75 Å². The first kappa shape index (κ1) is 21.4. The minimum Gasteiger partial charge on any atom is -0.458 e. The van der Waals surface area contributed by atoms with Crippen molar-refractivity contribution < 1.29 is 19.1 Å². The van der Waals surface area contributed by atoms with E-state index in [1.807, 2.05) is 0 Å². The molecule has 0 radical (unpaired) electrons. The molecule has 0 amide bonds. The molecular weight excluding hydrogens is 380 g/mol. The standard InChI is InChI=1S/C24H28N2O4/c1-16-2-7-19(8-3-16)24(28)30-22-9-4-17(5-10-22)6-11-23(27)29-15-18-12-20(25)14-21(26)13-18/h4-6,9-14,16,19H,2-3,7-8,15,25-26H2,1H3/b11-6+. The van der Waals surface area contributed by atoms with E-state index in [9.17, 15) is 9.59 Å². The summed E-state index contributed by atoms with van der Waals surface area (Å²) in [6.07, 6.45) is 6.93. The minimum atomic E-state index is -0.474. The first-order valence-electron chi connectivity index (χ1n) is 10.2. The summed E-state index contributed by atoms with van der Waals surface area (Å²) < 4.78 is 10.7. The molecular formula is C24H28N2O4. The molecule has 0 aliphatic heterocycles. The lowest BCUT2D eigenvalue weighted by Gasteiger charge is -2.24. The van der Waals surface area contributed by atoms with Crippen molar-refractivity contribution >= 4 is 29.4 Å². The van der Waals surface area contributed by atoms with Gasteiger partial charge in [-0.2, -0.15) is 0 Å². The third kappa shape index (κ3) is 6.37. The fourth-order valence-electron chi connectivity index (χ4n) is 3.54. The number of esters is 2. The van der Waals surface area contributed by atoms with Crippen LogP contribution < -0.4 is 16.2 Å². The van der Waals surface area contributed by atoms with Gasteiger partial charge < -0.3 is 20.9 Å². The molecule has 2 aromatic rings. The number of carbonyl (C=O) groups excluding carboxylic acids is 2. The molecule has 0 aromatic heterocycles. The molecule has 30 heavy (non-hydrogen) atoms. The van der Waals surface area contributed by atoms with E-state index in [-0.39, 0.29) is 18.5 Å². The van der Waals surface area contributed by atoms with Crippen LogP contribution in [0.25, 0.3) is 6.08 Å². The molecule has 158 valence electrons. The van der Waals surface area contributed by atoms with Gasteiger partial charge in [0.2, 0.25) is 0 Å². The highest BCUT2D eigenvalue weighted by atomic mass is 16.5. The molecule has 0 heterocycles. The SMILES string of the molecule is CC1CCC(C(=O)Oc2ccc(/C=C/C(=O)OCc3cc(N)cc(N)c3)cc2)CC1. The van der Waals surface area contributed by atoms with E-state index in [0.29, 0.717) is 23.0 Å². The van der Waals surface area contributed by atoms with Crippen molar-refractivity contribution in [2.45, 2.75) is 39.2 Å². The molecule has 1 aliphatic rings. The van der Waals surface area contributed by atoms with E-state index >= 15 is 0 Å². The van der Waals surface area contributed by atoms with Gasteiger partial charge >= 0.3 is 11.9 Å². The van der Waals surface area contributed by atoms with Gasteiger partial charge in [-0.3, -0.25) is 4.79 Å². The fourth-order valence-corrected chi connectivity index (χ4v) is 3.54. The molecule has 0 saturated heterocycles. The van der Waals surface area contributed by atoms with Gasteiger partial charge in [0.15, 0.2) is 0 Å². The zero-order valence-corrected chi connectivity index (χ0v) is 17.2. The van der Waals surface area contributed by atoms with Gasteiger partial charge in [0.05, 0.1) is 5.92 Å². The summed E-state index contributed by atoms with van der Waals surface area (Å²) in [6, 6.07) is 12.1. The lowest BCUT2D eigenvalue weighted by molar-refractivity contribution is -0.140. The number of carbonyl (C=O) groups is 2. The first-order chi connectivity index (χ1) is 14.4. The molecule has 6 nitrogen and oxygen atoms in total. The van der Waals surface area contributed by atoms with Crippen molar-refractivity contribution in [1.82, 2.24) is 0 Å². The summed E-state index contributed by atoms with van der Waals surface area (Å²) in [5, 5.41) is 0. The van der Waals surface area contributed by atoms with Crippen molar-refractivity contribution in [2.75, 3.05) is 11.5 Å². The highest BCUT2D eigenvalue weighted by Gasteiger charge is 2.25. The Hall–Kier alpha value is -3.28. The van der Waals surface area contributed by atoms with Crippen LogP contribution in [0.15, 0.2) is 48.5 Å². The second-order valence-electron chi connectivity index (χ2n) is 7.90. The van der Waals surface area contributed by atoms with E-state index < -0.39 is 5.97 Å². The quantitative estimate of drug-likeness (QED) is 0.319. The smallest absolute Gasteiger partial charge is 0.331 e. The molecule has 2 aromatic carbocycles. The molecule has 3 rings (SSSR count). The number of benzene rings is 2. The predicted octanol–water partition coefficient (Wildman–Crippen LogP) is 4.34. The Balaban J connectivity index is 1.47. The number of anilines is 2. The maximum atomic E-state index is 12.3. The van der Waals surface area contributed by atoms with E-state index in [1.165, 1.54) is 6.08 Å². The van der Waals surface area contributed by atoms with Crippen LogP contribution in [0.2, 0.25) is 0 Å². The van der Waals surface area contributed by atoms with Gasteiger partial charge in [0.25, 0.3) is 0 Å². The Morgan fingerprint density at radius 1 is 1.00 bits per heavy atom. The monoisotopic (exact) mass is 408 g/mol. The minimum absolute atomic E-state index is 0.00847. The summed E-state index contributed by atoms with van der Waals surface area (Å²) in [6.45, 7) is 2.31. The Morgan fingerprint density at radius 2 is 1.63 bits per heavy atom. The summed E-state index contributed by atoms with van der Waals surface area (Å²) >= 11 is 0. The molecule has 0 spiro atoms. The van der Waals surface area contributed by atoms with Gasteiger partial charge in [0.1, 0.15) is 12.4 Å². The van der Waals surface area contributed by atoms with Crippen LogP contribution in [0, 0.1) is 11.8 Å². The van der Waals surface area contributed by atoms with Gasteiger partial charge in [-0.1, -0.05) is 19.1 Å². The van der Waals surface area contributed by atoms with Crippen LogP contribution in [-0.2, 0) is 20.9 Å². The fraction of sp³-hybridized carbons (Fsp3) is 0.333. The zero-order valence-electron chi connectivity index (χ0n) is 17.2. The highest BCUT2D eigenvalue weighted by Crippen LogP contribution is 2.29. The average molecular weight is 408 g/mol. The summed E-state index contributed by atoms with van der Waals surface area (Å²) in [4.78, 5) is 24.2. The largest absolute Gasteiger partial charge is 0.458 e. The average Bonchev–Trinajstić information content (AvgIpc) is 2.71. The number of hydrogen-bond donors (Lipinski definition) is 2. The molecule has 0 atom stereocenters. The van der Waals surface area contributed by atoms with Crippen molar-refractivity contribution in [3.8, 4) is 5.75 Å². The van der Waals surface area contributed by atoms with E-state index in [4.69, 9.17) is 20.9 Å². The van der Waals surface area contributed by atoms with Crippen LogP contribution in [0.4, 0.5) is 11.4 Å². The second-order valence-corrected chi connectivity index (χ2v) is 7.90. The normalized spacial score (nSPS) is 18.8. The third-order valence-corrected chi connectivity index (χ3v) is 5.28. The van der Waals surface area contributed by atoms with Crippen molar-refractivity contribution in [3.05, 3.63) is 59.7 Å². The molecule has 6 heteroatoms. The van der Waals surface area contributed by atoms with Crippen molar-refractivity contribution in [3.63, 3.8) is 0 Å². The lowest BCUT2D eigenvalue weighted by Crippen LogP contribution is -2.24. The third-order valence-electron chi connectivity index (χ3n) is 5.28. The number of rotatable bonds is 6. The second kappa shape index (κ2) is 9.96. The van der Waals surface area contributed by atoms with Crippen LogP contribution in [0.1, 0.15) is 43.7 Å². The molecule has 0 bridgehead atoms. The summed E-state index contributed by atoms with van der Waals surface area (Å²) in [7, 11) is 0. The van der Waals surface area contributed by atoms with Crippen LogP contribution in [0.3, 0.4) is 0 Å². The molecule has 1 aliphatic carbocycles. The van der Waals surface area contributed by atoms with E-state index in [2.05, 4.69) is 6.92 Å². The van der Waals surface area contributed by atoms with Gasteiger partial charge in [0, 0.05) is 17.5 Å². The van der Waals surface area contributed by atoms with Crippen molar-refractivity contribution in [1.29, 1.82) is 0 Å². The topological polar surface area (TPSA) is 105 Å². The lowest BCUT2D eigenvalue weighted by atomic mass is 9.83. The Kier molecular flexibility index (Phi) is 7.12. The molecule has 0 unspecified atom stereocenters. The molecule has 1 saturated carbocycles. The van der Waals surface area contributed by atoms with Gasteiger partial charge in [-0.15, -0.1) is 0 Å². The summed E-state index contributed by atoms with van der Waals surface area (Å²) in [5.41, 5.74) is 14.0. The maximum absolute atomic E-state index is 12.3. The Labute approximate surface area is 176 Å². The van der Waals surface area contributed by atoms with Gasteiger partial charge in [-0.05, 0) is 79.1 Å². The van der Waals surface area contributed by atoms with E-state index in [0.717, 1.165) is 36.8 Å². The zero-order chi connectivity index (χ0) is 21.5. The number of ether oxygens (including phenoxy) is 2. The molecule has 1 fully saturated rings. The van der Waals surface area contributed by atoms with Crippen molar-refractivity contribution in [2.24, 2.45) is 11.8 Å². The van der Waals surface area contributed by atoms with Gasteiger partial charge in [-0.25, -0.2) is 4.79 Å². The number of nitrogens with two attached hydrogens (primary N) is 2. The predicted molar refractivity (Wildman–Crippen MR) is 117 cm³/mol. The molecule has 4 N–H and O–H groups in total. The highest BCUT2D eigenvalue weighted by molar-refractivity contribution is 5.87. The summed E-state index contributed by atoms with van der Waals surface area (Å²) in [5.74, 6) is 0.563. The number of hydrogen-bond acceptors (Lipinski definition) is 6.